The van der Waals surface area contributed by atoms with Crippen molar-refractivity contribution in [3.05, 3.63) is 224 Å². The molecule has 0 radical (unpaired) electrons. The summed E-state index contributed by atoms with van der Waals surface area (Å²) in [6.45, 7) is 0. The summed E-state index contributed by atoms with van der Waals surface area (Å²) in [6.07, 6.45) is 0. The number of hydrogen-bond donors (Lipinski definition) is 0. The Kier molecular flexibility index (Phi) is 8.19. The molecule has 1 aromatic heterocycles. The van der Waals surface area contributed by atoms with Crippen LogP contribution >= 0.6 is 0 Å². The quantitative estimate of drug-likeness (QED) is 0.151. The number of furan rings is 1. The lowest BCUT2D eigenvalue weighted by Gasteiger charge is -2.27. The van der Waals surface area contributed by atoms with Gasteiger partial charge in [0.2, 0.25) is 0 Å². The summed E-state index contributed by atoms with van der Waals surface area (Å²) in [4.78, 5) is 2.40. The first-order chi connectivity index (χ1) is 28.8. The summed E-state index contributed by atoms with van der Waals surface area (Å²) in [5.41, 5.74) is 14.3. The maximum atomic E-state index is 6.78. The van der Waals surface area contributed by atoms with Crippen molar-refractivity contribution in [1.82, 2.24) is 0 Å². The number of para-hydroxylation sites is 1. The van der Waals surface area contributed by atoms with E-state index in [1.807, 2.05) is 6.07 Å². The first-order valence-electron chi connectivity index (χ1n) is 19.8. The summed E-state index contributed by atoms with van der Waals surface area (Å²) in [7, 11) is 0. The van der Waals surface area contributed by atoms with E-state index >= 15 is 0 Å². The monoisotopic (exact) mass is 739 g/mol. The van der Waals surface area contributed by atoms with Crippen LogP contribution in [0.2, 0.25) is 0 Å². The molecule has 1 heterocycles. The molecule has 0 fully saturated rings. The molecule has 2 heteroatoms. The summed E-state index contributed by atoms with van der Waals surface area (Å²) < 4.78 is 6.78. The van der Waals surface area contributed by atoms with Gasteiger partial charge in [0.25, 0.3) is 0 Å². The lowest BCUT2D eigenvalue weighted by atomic mass is 9.87. The molecule has 10 aromatic carbocycles. The summed E-state index contributed by atoms with van der Waals surface area (Å²) in [5, 5.41) is 7.09. The topological polar surface area (TPSA) is 16.4 Å². The van der Waals surface area contributed by atoms with Crippen LogP contribution in [0.1, 0.15) is 0 Å². The number of anilines is 3. The molecule has 58 heavy (non-hydrogen) atoms. The second-order valence-corrected chi connectivity index (χ2v) is 14.8. The molecule has 11 rings (SSSR count). The lowest BCUT2D eigenvalue weighted by Crippen LogP contribution is -2.10. The fourth-order valence-electron chi connectivity index (χ4n) is 8.77. The molecule has 0 bridgehead atoms. The summed E-state index contributed by atoms with van der Waals surface area (Å²) in [5.74, 6) is 0. The van der Waals surface area contributed by atoms with E-state index in [9.17, 15) is 0 Å². The smallest absolute Gasteiger partial charge is 0.145 e. The van der Waals surface area contributed by atoms with E-state index in [1.165, 1.54) is 49.4 Å². The average molecular weight is 740 g/mol. The third-order valence-corrected chi connectivity index (χ3v) is 11.5. The number of nitrogens with zero attached hydrogens (tertiary/aromatic N) is 1. The molecule has 0 saturated heterocycles. The zero-order chi connectivity index (χ0) is 38.4. The number of hydrogen-bond acceptors (Lipinski definition) is 2. The Morgan fingerprint density at radius 3 is 1.57 bits per heavy atom. The summed E-state index contributed by atoms with van der Waals surface area (Å²) in [6, 6.07) is 80.6. The van der Waals surface area contributed by atoms with Crippen LogP contribution in [0.4, 0.5) is 17.1 Å². The van der Waals surface area contributed by atoms with Crippen molar-refractivity contribution in [2.45, 2.75) is 0 Å². The molecule has 0 unspecified atom stereocenters. The van der Waals surface area contributed by atoms with Crippen molar-refractivity contribution >= 4 is 60.5 Å². The van der Waals surface area contributed by atoms with Gasteiger partial charge in [-0.1, -0.05) is 182 Å². The molecule has 2 nitrogen and oxygen atoms in total. The Hall–Kier alpha value is -7.68. The molecular weight excluding hydrogens is 703 g/mol. The lowest BCUT2D eigenvalue weighted by molar-refractivity contribution is 0.670. The van der Waals surface area contributed by atoms with E-state index in [4.69, 9.17) is 4.42 Å². The molecule has 0 saturated carbocycles. The van der Waals surface area contributed by atoms with Gasteiger partial charge in [-0.25, -0.2) is 0 Å². The predicted octanol–water partition coefficient (Wildman–Crippen LogP) is 16.0. The molecule has 0 spiro atoms. The fourth-order valence-corrected chi connectivity index (χ4v) is 8.77. The van der Waals surface area contributed by atoms with Crippen LogP contribution in [0.15, 0.2) is 229 Å². The Morgan fingerprint density at radius 2 is 0.879 bits per heavy atom. The van der Waals surface area contributed by atoms with Gasteiger partial charge >= 0.3 is 0 Å². The molecule has 272 valence electrons. The molecule has 0 atom stereocenters. The Labute approximate surface area is 337 Å². The van der Waals surface area contributed by atoms with E-state index in [0.29, 0.717) is 0 Å². The van der Waals surface area contributed by atoms with Crippen LogP contribution < -0.4 is 4.90 Å². The minimum Gasteiger partial charge on any atom is -0.455 e. The van der Waals surface area contributed by atoms with E-state index in [-0.39, 0.29) is 0 Å². The van der Waals surface area contributed by atoms with E-state index in [0.717, 1.165) is 55.7 Å². The maximum Gasteiger partial charge on any atom is 0.145 e. The van der Waals surface area contributed by atoms with E-state index in [2.05, 4.69) is 223 Å². The molecule has 0 N–H and O–H groups in total. The number of benzene rings is 10. The second-order valence-electron chi connectivity index (χ2n) is 14.8. The third kappa shape index (κ3) is 5.74. The van der Waals surface area contributed by atoms with Gasteiger partial charge in [0.1, 0.15) is 11.2 Å². The molecule has 0 aliphatic carbocycles. The van der Waals surface area contributed by atoms with Crippen LogP contribution in [0.5, 0.6) is 0 Å². The number of rotatable bonds is 7. The molecule has 0 aliphatic rings. The van der Waals surface area contributed by atoms with Crippen LogP contribution in [0, 0.1) is 0 Å². The highest BCUT2D eigenvalue weighted by atomic mass is 16.3. The Bertz CT molecular complexity index is 3200. The van der Waals surface area contributed by atoms with Gasteiger partial charge in [0.15, 0.2) is 0 Å². The molecule has 0 amide bonds. The van der Waals surface area contributed by atoms with Crippen molar-refractivity contribution in [2.24, 2.45) is 0 Å². The van der Waals surface area contributed by atoms with Gasteiger partial charge in [0.05, 0.1) is 11.1 Å². The zero-order valence-corrected chi connectivity index (χ0v) is 31.7. The fraction of sp³-hybridized carbons (Fsp3) is 0. The van der Waals surface area contributed by atoms with Gasteiger partial charge in [-0.3, -0.25) is 0 Å². The minimum absolute atomic E-state index is 0.869. The average Bonchev–Trinajstić information content (AvgIpc) is 3.70. The molecule has 11 aromatic rings. The van der Waals surface area contributed by atoms with Crippen LogP contribution in [0.25, 0.3) is 88.0 Å². The van der Waals surface area contributed by atoms with Gasteiger partial charge in [0, 0.05) is 22.3 Å². The predicted molar refractivity (Wildman–Crippen MR) is 245 cm³/mol. The second kappa shape index (κ2) is 14.1. The Balaban J connectivity index is 1.15. The highest BCUT2D eigenvalue weighted by molar-refractivity contribution is 6.17. The first kappa shape index (κ1) is 33.6. The SMILES string of the molecule is c1ccc(-c2cccc(-c3ccccc3)c2-c2ccc(N(c3ccc4c(ccc5ccccc54)c3)c3ccc(-c4ccccc4)c4oc5ccccc5c34)cc2)cc1. The zero-order valence-electron chi connectivity index (χ0n) is 31.7. The molecule has 0 aliphatic heterocycles. The van der Waals surface area contributed by atoms with Crippen molar-refractivity contribution in [3.8, 4) is 44.5 Å². The summed E-state index contributed by atoms with van der Waals surface area (Å²) >= 11 is 0. The van der Waals surface area contributed by atoms with Crippen LogP contribution in [-0.2, 0) is 0 Å². The highest BCUT2D eigenvalue weighted by Gasteiger charge is 2.23. The van der Waals surface area contributed by atoms with E-state index in [1.54, 1.807) is 0 Å². The third-order valence-electron chi connectivity index (χ3n) is 11.5. The highest BCUT2D eigenvalue weighted by Crippen LogP contribution is 2.48. The molecular formula is C56H37NO. The Morgan fingerprint density at radius 1 is 0.328 bits per heavy atom. The first-order valence-corrected chi connectivity index (χ1v) is 19.8. The van der Waals surface area contributed by atoms with Crippen molar-refractivity contribution in [1.29, 1.82) is 0 Å². The van der Waals surface area contributed by atoms with E-state index < -0.39 is 0 Å². The van der Waals surface area contributed by atoms with Crippen molar-refractivity contribution in [2.75, 3.05) is 4.90 Å². The number of fused-ring (bicyclic) bond motifs is 6. The maximum absolute atomic E-state index is 6.78. The standard InChI is InChI=1S/C56H37NO/c1-4-15-38(16-5-1)48-24-14-25-49(39-17-6-2-7-18-39)54(48)42-29-31-44(32-30-42)57(45-33-34-47-43(37-45)28-27-41-21-10-11-22-46(41)47)52-36-35-50(40-19-8-3-9-20-40)56-55(52)51-23-12-13-26-53(51)58-56/h1-37H. The van der Waals surface area contributed by atoms with Crippen molar-refractivity contribution < 1.29 is 4.42 Å². The van der Waals surface area contributed by atoms with Gasteiger partial charge in [-0.05, 0) is 103 Å². The van der Waals surface area contributed by atoms with Gasteiger partial charge in [-0.2, -0.15) is 0 Å². The van der Waals surface area contributed by atoms with Gasteiger partial charge < -0.3 is 9.32 Å². The van der Waals surface area contributed by atoms with Gasteiger partial charge in [-0.15, -0.1) is 0 Å². The van der Waals surface area contributed by atoms with Crippen LogP contribution in [-0.4, -0.2) is 0 Å². The minimum atomic E-state index is 0.869. The normalized spacial score (nSPS) is 11.4. The van der Waals surface area contributed by atoms with Crippen LogP contribution in [0.3, 0.4) is 0 Å². The largest absolute Gasteiger partial charge is 0.455 e. The van der Waals surface area contributed by atoms with Crippen molar-refractivity contribution in [3.63, 3.8) is 0 Å².